The second-order valence-corrected chi connectivity index (χ2v) is 6.80. The number of nitrogens with zero attached hydrogens (tertiary/aromatic N) is 1. The SMILES string of the molecule is CCNC(C)(CO)CC(C)N(C)C1CCCCC1C. The van der Waals surface area contributed by atoms with Crippen molar-refractivity contribution in [2.24, 2.45) is 5.92 Å². The van der Waals surface area contributed by atoms with Gasteiger partial charge in [-0.3, -0.25) is 0 Å². The van der Waals surface area contributed by atoms with E-state index in [0.29, 0.717) is 12.1 Å². The minimum atomic E-state index is -0.152. The number of hydrogen-bond acceptors (Lipinski definition) is 3. The maximum absolute atomic E-state index is 9.63. The van der Waals surface area contributed by atoms with Gasteiger partial charge in [-0.05, 0) is 52.6 Å². The lowest BCUT2D eigenvalue weighted by Gasteiger charge is -2.42. The predicted molar refractivity (Wildman–Crippen MR) is 82.4 cm³/mol. The Balaban J connectivity index is 2.57. The van der Waals surface area contributed by atoms with Gasteiger partial charge in [-0.15, -0.1) is 0 Å². The van der Waals surface area contributed by atoms with Crippen LogP contribution >= 0.6 is 0 Å². The van der Waals surface area contributed by atoms with Crippen LogP contribution in [0.15, 0.2) is 0 Å². The average molecular weight is 270 g/mol. The zero-order valence-electron chi connectivity index (χ0n) is 13.6. The highest BCUT2D eigenvalue weighted by molar-refractivity contribution is 4.89. The van der Waals surface area contributed by atoms with E-state index in [0.717, 1.165) is 18.9 Å². The molecule has 4 atom stereocenters. The normalized spacial score (nSPS) is 29.2. The minimum Gasteiger partial charge on any atom is -0.394 e. The van der Waals surface area contributed by atoms with Gasteiger partial charge in [-0.1, -0.05) is 26.7 Å². The van der Waals surface area contributed by atoms with E-state index in [1.54, 1.807) is 0 Å². The molecule has 0 saturated heterocycles. The maximum atomic E-state index is 9.63. The molecule has 0 aliphatic heterocycles. The van der Waals surface area contributed by atoms with Gasteiger partial charge in [0.15, 0.2) is 0 Å². The molecule has 1 aliphatic rings. The summed E-state index contributed by atoms with van der Waals surface area (Å²) in [6.45, 7) is 10.0. The molecule has 1 aliphatic carbocycles. The standard InChI is InChI=1S/C16H34N2O/c1-6-17-16(4,12-19)11-14(3)18(5)15-10-8-7-9-13(15)2/h13-15,17,19H,6-12H2,1-5H3. The molecule has 114 valence electrons. The molecule has 0 aromatic rings. The molecule has 0 amide bonds. The summed E-state index contributed by atoms with van der Waals surface area (Å²) in [6, 6.07) is 1.22. The molecule has 1 fully saturated rings. The van der Waals surface area contributed by atoms with Crippen LogP contribution in [-0.2, 0) is 0 Å². The first-order valence-corrected chi connectivity index (χ1v) is 8.01. The van der Waals surface area contributed by atoms with Crippen LogP contribution in [0.3, 0.4) is 0 Å². The Morgan fingerprint density at radius 1 is 1.37 bits per heavy atom. The van der Waals surface area contributed by atoms with Crippen LogP contribution in [0, 0.1) is 5.92 Å². The van der Waals surface area contributed by atoms with Gasteiger partial charge in [0.05, 0.1) is 6.61 Å². The van der Waals surface area contributed by atoms with Crippen molar-refractivity contribution in [3.8, 4) is 0 Å². The quantitative estimate of drug-likeness (QED) is 0.746. The topological polar surface area (TPSA) is 35.5 Å². The molecule has 1 rings (SSSR count). The molecule has 4 unspecified atom stereocenters. The van der Waals surface area contributed by atoms with Crippen molar-refractivity contribution in [2.75, 3.05) is 20.2 Å². The molecule has 0 aromatic heterocycles. The number of aliphatic hydroxyl groups excluding tert-OH is 1. The van der Waals surface area contributed by atoms with Crippen molar-refractivity contribution in [1.82, 2.24) is 10.2 Å². The molecule has 19 heavy (non-hydrogen) atoms. The Labute approximate surface area is 119 Å². The van der Waals surface area contributed by atoms with Crippen molar-refractivity contribution < 1.29 is 5.11 Å². The van der Waals surface area contributed by atoms with Gasteiger partial charge < -0.3 is 15.3 Å². The highest BCUT2D eigenvalue weighted by atomic mass is 16.3. The van der Waals surface area contributed by atoms with E-state index >= 15 is 0 Å². The average Bonchev–Trinajstić information content (AvgIpc) is 2.38. The monoisotopic (exact) mass is 270 g/mol. The highest BCUT2D eigenvalue weighted by Crippen LogP contribution is 2.29. The minimum absolute atomic E-state index is 0.152. The number of likely N-dealkylation sites (N-methyl/N-ethyl adjacent to an activating group) is 1. The van der Waals surface area contributed by atoms with Crippen LogP contribution in [0.2, 0.25) is 0 Å². The van der Waals surface area contributed by atoms with E-state index in [-0.39, 0.29) is 12.1 Å². The molecule has 2 N–H and O–H groups in total. The van der Waals surface area contributed by atoms with Gasteiger partial charge in [-0.2, -0.15) is 0 Å². The second-order valence-electron chi connectivity index (χ2n) is 6.80. The Morgan fingerprint density at radius 2 is 2.00 bits per heavy atom. The van der Waals surface area contributed by atoms with E-state index in [1.807, 2.05) is 0 Å². The van der Waals surface area contributed by atoms with E-state index in [4.69, 9.17) is 0 Å². The van der Waals surface area contributed by atoms with Crippen LogP contribution in [0.5, 0.6) is 0 Å². The van der Waals surface area contributed by atoms with Crippen LogP contribution in [0.1, 0.15) is 59.8 Å². The van der Waals surface area contributed by atoms with E-state index < -0.39 is 0 Å². The van der Waals surface area contributed by atoms with E-state index in [9.17, 15) is 5.11 Å². The summed E-state index contributed by atoms with van der Waals surface area (Å²) in [5.41, 5.74) is -0.152. The molecule has 0 radical (unpaired) electrons. The molecular formula is C16H34N2O. The lowest BCUT2D eigenvalue weighted by Crippen LogP contribution is -2.52. The number of hydrogen-bond donors (Lipinski definition) is 2. The molecule has 3 heteroatoms. The number of rotatable bonds is 7. The molecule has 0 bridgehead atoms. The first-order valence-electron chi connectivity index (χ1n) is 8.01. The molecule has 0 heterocycles. The Morgan fingerprint density at radius 3 is 2.53 bits per heavy atom. The van der Waals surface area contributed by atoms with Crippen molar-refractivity contribution in [3.63, 3.8) is 0 Å². The lowest BCUT2D eigenvalue weighted by molar-refractivity contribution is 0.0702. The number of nitrogens with one attached hydrogen (secondary N) is 1. The summed E-state index contributed by atoms with van der Waals surface area (Å²) >= 11 is 0. The number of aliphatic hydroxyl groups is 1. The van der Waals surface area contributed by atoms with Gasteiger partial charge >= 0.3 is 0 Å². The van der Waals surface area contributed by atoms with Crippen LogP contribution in [0.4, 0.5) is 0 Å². The Hall–Kier alpha value is -0.120. The fraction of sp³-hybridized carbons (Fsp3) is 1.00. The fourth-order valence-electron chi connectivity index (χ4n) is 3.64. The predicted octanol–water partition coefficient (Wildman–Crippen LogP) is 2.64. The van der Waals surface area contributed by atoms with Crippen molar-refractivity contribution in [3.05, 3.63) is 0 Å². The smallest absolute Gasteiger partial charge is 0.0611 e. The maximum Gasteiger partial charge on any atom is 0.0611 e. The summed E-state index contributed by atoms with van der Waals surface area (Å²) in [4.78, 5) is 2.55. The van der Waals surface area contributed by atoms with Gasteiger partial charge in [0, 0.05) is 17.6 Å². The summed E-state index contributed by atoms with van der Waals surface area (Å²) in [7, 11) is 2.26. The summed E-state index contributed by atoms with van der Waals surface area (Å²) in [6.07, 6.45) is 6.46. The van der Waals surface area contributed by atoms with Crippen LogP contribution < -0.4 is 5.32 Å². The van der Waals surface area contributed by atoms with Gasteiger partial charge in [-0.25, -0.2) is 0 Å². The zero-order valence-corrected chi connectivity index (χ0v) is 13.6. The van der Waals surface area contributed by atoms with Crippen molar-refractivity contribution in [2.45, 2.75) is 77.4 Å². The summed E-state index contributed by atoms with van der Waals surface area (Å²) in [5.74, 6) is 0.806. The van der Waals surface area contributed by atoms with Gasteiger partial charge in [0.25, 0.3) is 0 Å². The second kappa shape index (κ2) is 7.61. The third-order valence-electron chi connectivity index (χ3n) is 4.98. The van der Waals surface area contributed by atoms with Crippen LogP contribution in [-0.4, -0.2) is 47.8 Å². The highest BCUT2D eigenvalue weighted by Gasteiger charge is 2.31. The molecule has 3 nitrogen and oxygen atoms in total. The van der Waals surface area contributed by atoms with Gasteiger partial charge in [0.2, 0.25) is 0 Å². The van der Waals surface area contributed by atoms with Gasteiger partial charge in [0.1, 0.15) is 0 Å². The molecule has 0 aromatic carbocycles. The lowest BCUT2D eigenvalue weighted by atomic mass is 9.83. The van der Waals surface area contributed by atoms with E-state index in [1.165, 1.54) is 25.7 Å². The molecular weight excluding hydrogens is 236 g/mol. The van der Waals surface area contributed by atoms with Crippen molar-refractivity contribution in [1.29, 1.82) is 0 Å². The Kier molecular flexibility index (Phi) is 6.78. The zero-order chi connectivity index (χ0) is 14.5. The summed E-state index contributed by atoms with van der Waals surface area (Å²) < 4.78 is 0. The first kappa shape index (κ1) is 16.9. The third kappa shape index (κ3) is 4.73. The molecule has 1 saturated carbocycles. The first-order chi connectivity index (χ1) is 8.93. The van der Waals surface area contributed by atoms with Crippen LogP contribution in [0.25, 0.3) is 0 Å². The summed E-state index contributed by atoms with van der Waals surface area (Å²) in [5, 5.41) is 13.1. The fourth-order valence-corrected chi connectivity index (χ4v) is 3.64. The third-order valence-corrected chi connectivity index (χ3v) is 4.98. The largest absolute Gasteiger partial charge is 0.394 e. The van der Waals surface area contributed by atoms with Crippen molar-refractivity contribution >= 4 is 0 Å². The molecule has 0 spiro atoms. The Bertz CT molecular complexity index is 259. The van der Waals surface area contributed by atoms with E-state index in [2.05, 4.69) is 45.0 Å².